The first kappa shape index (κ1) is 30.2. The van der Waals surface area contributed by atoms with Crippen molar-refractivity contribution >= 4 is 22.6 Å². The summed E-state index contributed by atoms with van der Waals surface area (Å²) < 4.78 is 12.0. The number of benzene rings is 3. The molecule has 1 saturated heterocycles. The molecular formula is C42H45NO5. The Bertz CT molecular complexity index is 1910. The molecule has 6 aliphatic carbocycles. The lowest BCUT2D eigenvalue weighted by Gasteiger charge is -2.71. The molecule has 3 spiro atoms. The number of nitrogens with zero attached hydrogens (tertiary/aromatic N) is 1. The fraction of sp³-hybridized carbons (Fsp3) is 0.476. The van der Waals surface area contributed by atoms with Crippen LogP contribution in [0.2, 0.25) is 0 Å². The third kappa shape index (κ3) is 3.73. The maximum atomic E-state index is 14.8. The van der Waals surface area contributed by atoms with Crippen molar-refractivity contribution in [2.45, 2.75) is 77.0 Å². The number of ether oxygens (including phenoxy) is 2. The van der Waals surface area contributed by atoms with Crippen molar-refractivity contribution in [3.05, 3.63) is 102 Å². The van der Waals surface area contributed by atoms with Crippen LogP contribution in [0.3, 0.4) is 0 Å². The Balaban J connectivity index is 1.12. The molecule has 1 heterocycles. The van der Waals surface area contributed by atoms with Crippen molar-refractivity contribution in [2.24, 2.45) is 33.5 Å². The highest BCUT2D eigenvalue weighted by Gasteiger charge is 2.76. The molecule has 0 aromatic heterocycles. The van der Waals surface area contributed by atoms with Gasteiger partial charge in [-0.15, -0.1) is 0 Å². The van der Waals surface area contributed by atoms with Gasteiger partial charge in [-0.05, 0) is 103 Å². The van der Waals surface area contributed by atoms with Gasteiger partial charge in [0.25, 0.3) is 0 Å². The summed E-state index contributed by atoms with van der Waals surface area (Å²) in [5.74, 6) is 1.20. The topological polar surface area (TPSA) is 76.1 Å². The summed E-state index contributed by atoms with van der Waals surface area (Å²) in [6, 6.07) is 22.2. The van der Waals surface area contributed by atoms with Gasteiger partial charge in [-0.1, -0.05) is 74.5 Å². The highest BCUT2D eigenvalue weighted by atomic mass is 16.6. The molecule has 0 radical (unpaired) electrons. The van der Waals surface area contributed by atoms with Gasteiger partial charge >= 0.3 is 6.09 Å². The maximum Gasteiger partial charge on any atom is 0.410 e. The summed E-state index contributed by atoms with van der Waals surface area (Å²) in [6.07, 6.45) is 12.4. The number of carbonyl (C=O) groups is 2. The molecule has 8 unspecified atom stereocenters. The zero-order chi connectivity index (χ0) is 33.1. The molecule has 8 atom stereocenters. The van der Waals surface area contributed by atoms with Gasteiger partial charge in [0.05, 0.1) is 19.8 Å². The summed E-state index contributed by atoms with van der Waals surface area (Å²) in [5, 5.41) is 13.3. The van der Waals surface area contributed by atoms with Crippen molar-refractivity contribution in [1.82, 2.24) is 4.90 Å². The summed E-state index contributed by atoms with van der Waals surface area (Å²) in [7, 11) is 1.64. The fourth-order valence-corrected chi connectivity index (χ4v) is 12.0. The first-order chi connectivity index (χ1) is 23.1. The molecule has 248 valence electrons. The van der Waals surface area contributed by atoms with E-state index in [0.29, 0.717) is 25.1 Å². The highest BCUT2D eigenvalue weighted by molar-refractivity contribution is 6.10. The first-order valence-electron chi connectivity index (χ1n) is 17.8. The lowest BCUT2D eigenvalue weighted by Crippen LogP contribution is -2.67. The molecule has 6 heteroatoms. The molecule has 3 saturated carbocycles. The number of amides is 1. The number of aliphatic hydroxyl groups excluding tert-OH is 1. The van der Waals surface area contributed by atoms with E-state index >= 15 is 0 Å². The van der Waals surface area contributed by atoms with Crippen molar-refractivity contribution in [3.63, 3.8) is 0 Å². The Morgan fingerprint density at radius 2 is 1.65 bits per heavy atom. The minimum absolute atomic E-state index is 0.0610. The van der Waals surface area contributed by atoms with Crippen LogP contribution in [0.5, 0.6) is 5.75 Å². The number of fused-ring (bicyclic) bond motifs is 3. The number of methoxy groups -OCH3 is 1. The van der Waals surface area contributed by atoms with E-state index in [2.05, 4.69) is 68.5 Å². The largest absolute Gasteiger partial charge is 0.497 e. The second-order valence-corrected chi connectivity index (χ2v) is 16.2. The minimum atomic E-state index is -0.614. The molecule has 4 fully saturated rings. The Kier molecular flexibility index (Phi) is 6.33. The van der Waals surface area contributed by atoms with Gasteiger partial charge in [0.1, 0.15) is 11.4 Å². The van der Waals surface area contributed by atoms with Crippen LogP contribution in [0.1, 0.15) is 74.7 Å². The van der Waals surface area contributed by atoms with Crippen LogP contribution < -0.4 is 4.74 Å². The van der Waals surface area contributed by atoms with Crippen LogP contribution in [0.4, 0.5) is 4.79 Å². The molecule has 3 aromatic carbocycles. The number of aliphatic hydroxyl groups is 1. The first-order valence-corrected chi connectivity index (χ1v) is 17.8. The van der Waals surface area contributed by atoms with Crippen LogP contribution in [-0.4, -0.2) is 47.2 Å². The summed E-state index contributed by atoms with van der Waals surface area (Å²) in [6.45, 7) is 5.87. The normalized spacial score (nSPS) is 39.2. The predicted molar refractivity (Wildman–Crippen MR) is 185 cm³/mol. The predicted octanol–water partition coefficient (Wildman–Crippen LogP) is 8.28. The number of rotatable bonds is 5. The van der Waals surface area contributed by atoms with Crippen LogP contribution in [-0.2, 0) is 11.3 Å². The number of ketones is 1. The monoisotopic (exact) mass is 643 g/mol. The Labute approximate surface area is 282 Å². The van der Waals surface area contributed by atoms with Gasteiger partial charge in [-0.25, -0.2) is 4.79 Å². The molecule has 1 aliphatic heterocycles. The van der Waals surface area contributed by atoms with E-state index in [-0.39, 0.29) is 46.1 Å². The lowest BCUT2D eigenvalue weighted by molar-refractivity contribution is -0.164. The van der Waals surface area contributed by atoms with Gasteiger partial charge in [0.15, 0.2) is 5.78 Å². The Morgan fingerprint density at radius 3 is 2.46 bits per heavy atom. The molecule has 6 nitrogen and oxygen atoms in total. The van der Waals surface area contributed by atoms with Crippen molar-refractivity contribution < 1.29 is 24.2 Å². The number of carbonyl (C=O) groups excluding carboxylic acids is 2. The van der Waals surface area contributed by atoms with Gasteiger partial charge in [-0.2, -0.15) is 0 Å². The van der Waals surface area contributed by atoms with Gasteiger partial charge in [-0.3, -0.25) is 9.69 Å². The summed E-state index contributed by atoms with van der Waals surface area (Å²) in [4.78, 5) is 30.5. The number of hydrogen-bond donors (Lipinski definition) is 1. The third-order valence-electron chi connectivity index (χ3n) is 14.5. The zero-order valence-electron chi connectivity index (χ0n) is 28.2. The molecule has 10 rings (SSSR count). The Morgan fingerprint density at radius 1 is 0.917 bits per heavy atom. The summed E-state index contributed by atoms with van der Waals surface area (Å²) >= 11 is 0. The number of Topliss-reactive ketones (excluding diaryl/α,β-unsaturated/α-hetero) is 1. The van der Waals surface area contributed by atoms with Gasteiger partial charge in [0, 0.05) is 33.9 Å². The smallest absolute Gasteiger partial charge is 0.410 e. The number of hydrogen-bond acceptors (Lipinski definition) is 5. The van der Waals surface area contributed by atoms with Crippen molar-refractivity contribution in [1.29, 1.82) is 0 Å². The average Bonchev–Trinajstić information content (AvgIpc) is 3.58. The minimum Gasteiger partial charge on any atom is -0.497 e. The molecular weight excluding hydrogens is 598 g/mol. The van der Waals surface area contributed by atoms with Crippen LogP contribution >= 0.6 is 0 Å². The van der Waals surface area contributed by atoms with Crippen LogP contribution in [0.25, 0.3) is 10.8 Å². The van der Waals surface area contributed by atoms with Gasteiger partial charge < -0.3 is 14.6 Å². The van der Waals surface area contributed by atoms with E-state index in [0.717, 1.165) is 55.4 Å². The average molecular weight is 644 g/mol. The van der Waals surface area contributed by atoms with Crippen LogP contribution in [0.15, 0.2) is 90.5 Å². The molecule has 1 amide bonds. The quantitative estimate of drug-likeness (QED) is 0.224. The number of allylic oxidation sites excluding steroid dienone is 4. The van der Waals surface area contributed by atoms with Gasteiger partial charge in [0.2, 0.25) is 0 Å². The van der Waals surface area contributed by atoms with E-state index in [1.165, 1.54) is 10.8 Å². The molecule has 3 aromatic rings. The van der Waals surface area contributed by atoms with E-state index in [1.54, 1.807) is 7.11 Å². The van der Waals surface area contributed by atoms with E-state index in [9.17, 15) is 14.7 Å². The second kappa shape index (κ2) is 10.1. The second-order valence-electron chi connectivity index (χ2n) is 16.2. The third-order valence-corrected chi connectivity index (χ3v) is 14.5. The molecule has 2 bridgehead atoms. The van der Waals surface area contributed by atoms with Crippen LogP contribution in [0, 0.1) is 33.5 Å². The molecule has 48 heavy (non-hydrogen) atoms. The Hall–Kier alpha value is -3.90. The van der Waals surface area contributed by atoms with Crippen molar-refractivity contribution in [2.75, 3.05) is 13.7 Å². The standard InChI is InChI=1S/C42H45NO5/c1-38-18-15-30(44)23-40(38)21-22-42(33(24-40)36(45)28-11-13-31(47-3)14-12-28)34(38)16-19-39(2)35(42)17-20-41(39)26-43(37(46)48-41)25-29-9-6-8-27-7-4-5-10-32(27)29/h4-14,21-22,24,30,34-35,44H,15-20,23,25-26H2,1-3H3. The highest BCUT2D eigenvalue weighted by Crippen LogP contribution is 2.79. The lowest BCUT2D eigenvalue weighted by atomic mass is 9.32. The zero-order valence-corrected chi connectivity index (χ0v) is 28.2. The van der Waals surface area contributed by atoms with Crippen molar-refractivity contribution in [3.8, 4) is 5.75 Å². The molecule has 1 N–H and O–H groups in total. The fourth-order valence-electron chi connectivity index (χ4n) is 12.0. The molecule has 7 aliphatic rings. The van der Waals surface area contributed by atoms with E-state index < -0.39 is 11.0 Å². The summed E-state index contributed by atoms with van der Waals surface area (Å²) in [5.41, 5.74) is 0.875. The van der Waals surface area contributed by atoms with E-state index in [1.807, 2.05) is 35.2 Å². The van der Waals surface area contributed by atoms with E-state index in [4.69, 9.17) is 9.47 Å². The SMILES string of the molecule is COc1ccc(C(=O)C2=CC34C=CC25C(CCC2(C)C5CCC25CN(Cc2cccc6ccccc26)C(=O)O5)C3(C)CCC(O)C4)cc1. The maximum absolute atomic E-state index is 14.8.